The molecule has 0 unspecified atom stereocenters. The summed E-state index contributed by atoms with van der Waals surface area (Å²) in [5, 5.41) is 20.8. The zero-order valence-electron chi connectivity index (χ0n) is 12.7. The first kappa shape index (κ1) is 21.2. The van der Waals surface area contributed by atoms with Gasteiger partial charge in [-0.1, -0.05) is 11.6 Å². The Morgan fingerprint density at radius 1 is 1.20 bits per heavy atom. The average Bonchev–Trinajstić information content (AvgIpc) is 2.54. The van der Waals surface area contributed by atoms with Crippen molar-refractivity contribution in [2.45, 2.75) is 6.92 Å². The number of hydrogen-bond donors (Lipinski definition) is 0. The van der Waals surface area contributed by atoms with E-state index >= 15 is 0 Å². The first-order valence-electron chi connectivity index (χ1n) is 6.15. The van der Waals surface area contributed by atoms with E-state index in [9.17, 15) is 33.2 Å². The van der Waals surface area contributed by atoms with Crippen LogP contribution < -0.4 is 39.4 Å². The van der Waals surface area contributed by atoms with Gasteiger partial charge in [-0.3, -0.25) is 10.1 Å². The molecule has 0 aliphatic heterocycles. The van der Waals surface area contributed by atoms with Gasteiger partial charge in [0.15, 0.2) is 17.4 Å². The Morgan fingerprint density at radius 2 is 1.80 bits per heavy atom. The van der Waals surface area contributed by atoms with E-state index in [1.165, 1.54) is 0 Å². The van der Waals surface area contributed by atoms with Crippen LogP contribution >= 0.6 is 11.6 Å². The van der Waals surface area contributed by atoms with Crippen LogP contribution in [0.15, 0.2) is 18.2 Å². The summed E-state index contributed by atoms with van der Waals surface area (Å²) in [6.45, 7) is 0.962. The van der Waals surface area contributed by atoms with E-state index in [0.717, 1.165) is 19.1 Å². The monoisotopic (exact) mass is 383 g/mol. The number of rotatable bonds is 4. The smallest absolute Gasteiger partial charge is 0.545 e. The molecule has 0 aliphatic rings. The van der Waals surface area contributed by atoms with Gasteiger partial charge in [-0.25, -0.2) is 8.78 Å². The third-order valence-corrected chi connectivity index (χ3v) is 3.38. The van der Waals surface area contributed by atoms with Crippen LogP contribution in [0.1, 0.15) is 15.9 Å². The fourth-order valence-corrected chi connectivity index (χ4v) is 2.09. The minimum absolute atomic E-state index is 0. The molecule has 25 heavy (non-hydrogen) atoms. The standard InChI is InChI=1S/C14H7ClF3NO5.Na/c1-5-10(16)9(15)13(12(18)11(5)17)24-6-2-3-8(19(22)23)7(4-6)14(20)21;/h2-4H,1H3,(H,20,21);/q;+1/p-1. The summed E-state index contributed by atoms with van der Waals surface area (Å²) in [4.78, 5) is 20.7. The maximum Gasteiger partial charge on any atom is 1.00 e. The molecule has 0 bridgehead atoms. The van der Waals surface area contributed by atoms with Gasteiger partial charge in [0, 0.05) is 11.6 Å². The molecule has 0 radical (unpaired) electrons. The number of nitro benzene ring substituents is 1. The summed E-state index contributed by atoms with van der Waals surface area (Å²) in [7, 11) is 0. The zero-order chi connectivity index (χ0) is 18.2. The number of carbonyl (C=O) groups is 1. The van der Waals surface area contributed by atoms with Crippen molar-refractivity contribution in [3.8, 4) is 11.5 Å². The molecule has 0 saturated carbocycles. The van der Waals surface area contributed by atoms with Crippen LogP contribution in [0, 0.1) is 34.5 Å². The molecule has 0 saturated heterocycles. The molecule has 6 nitrogen and oxygen atoms in total. The number of halogens is 4. The second kappa shape index (κ2) is 8.05. The predicted molar refractivity (Wildman–Crippen MR) is 73.6 cm³/mol. The molecule has 0 spiro atoms. The largest absolute Gasteiger partial charge is 1.00 e. The van der Waals surface area contributed by atoms with E-state index in [4.69, 9.17) is 16.3 Å². The number of nitro groups is 1. The minimum atomic E-state index is -1.89. The summed E-state index contributed by atoms with van der Waals surface area (Å²) < 4.78 is 46.0. The predicted octanol–water partition coefficient (Wildman–Crippen LogP) is 0.134. The Labute approximate surface area is 165 Å². The number of ether oxygens (including phenoxy) is 1. The second-order valence-electron chi connectivity index (χ2n) is 4.54. The van der Waals surface area contributed by atoms with Gasteiger partial charge in [0.25, 0.3) is 5.69 Å². The number of carboxylic acids is 1. The molecule has 2 aromatic rings. The molecule has 0 N–H and O–H groups in total. The van der Waals surface area contributed by atoms with E-state index in [1.54, 1.807) is 0 Å². The number of hydrogen-bond acceptors (Lipinski definition) is 5. The van der Waals surface area contributed by atoms with Crippen molar-refractivity contribution in [2.75, 3.05) is 0 Å². The molecule has 0 aliphatic carbocycles. The van der Waals surface area contributed by atoms with E-state index in [-0.39, 0.29) is 29.6 Å². The number of aromatic carboxylic acids is 1. The summed E-state index contributed by atoms with van der Waals surface area (Å²) >= 11 is 5.57. The van der Waals surface area contributed by atoms with E-state index < -0.39 is 61.7 Å². The number of benzene rings is 2. The molecule has 0 amide bonds. The van der Waals surface area contributed by atoms with Gasteiger partial charge < -0.3 is 14.6 Å². The molecule has 0 atom stereocenters. The Kier molecular flexibility index (Phi) is 6.83. The fraction of sp³-hybridized carbons (Fsp3) is 0.0714. The van der Waals surface area contributed by atoms with Crippen molar-refractivity contribution in [3.63, 3.8) is 0 Å². The van der Waals surface area contributed by atoms with Crippen LogP contribution in [0.3, 0.4) is 0 Å². The fourth-order valence-electron chi connectivity index (χ4n) is 1.83. The van der Waals surface area contributed by atoms with Crippen molar-refractivity contribution in [3.05, 3.63) is 61.9 Å². The number of nitrogens with zero attached hydrogens (tertiary/aromatic N) is 1. The summed E-state index contributed by atoms with van der Waals surface area (Å²) in [5.41, 5.74) is -2.32. The van der Waals surface area contributed by atoms with Crippen molar-refractivity contribution < 1.29 is 62.3 Å². The average molecular weight is 384 g/mol. The van der Waals surface area contributed by atoms with Gasteiger partial charge in [0.1, 0.15) is 10.8 Å². The van der Waals surface area contributed by atoms with E-state index in [2.05, 4.69) is 0 Å². The van der Waals surface area contributed by atoms with Crippen molar-refractivity contribution in [1.82, 2.24) is 0 Å². The van der Waals surface area contributed by atoms with Gasteiger partial charge >= 0.3 is 29.6 Å². The topological polar surface area (TPSA) is 92.5 Å². The molecule has 126 valence electrons. The Morgan fingerprint density at radius 3 is 2.32 bits per heavy atom. The van der Waals surface area contributed by atoms with Gasteiger partial charge in [-0.05, 0) is 19.1 Å². The van der Waals surface area contributed by atoms with Gasteiger partial charge in [-0.15, -0.1) is 0 Å². The van der Waals surface area contributed by atoms with Crippen LogP contribution in [0.5, 0.6) is 11.5 Å². The van der Waals surface area contributed by atoms with E-state index in [1.807, 2.05) is 0 Å². The molecule has 2 aromatic carbocycles. The molecular formula is C14H6ClF3NNaO5. The quantitative estimate of drug-likeness (QED) is 0.324. The summed E-state index contributed by atoms with van der Waals surface area (Å²) in [6, 6.07) is 2.32. The van der Waals surface area contributed by atoms with Gasteiger partial charge in [0.05, 0.1) is 16.5 Å². The van der Waals surface area contributed by atoms with Crippen LogP contribution in [0.2, 0.25) is 5.02 Å². The molecule has 0 fully saturated rings. The zero-order valence-corrected chi connectivity index (χ0v) is 15.5. The molecule has 11 heteroatoms. The number of carboxylic acid groups (broad SMARTS) is 1. The maximum absolute atomic E-state index is 13.9. The van der Waals surface area contributed by atoms with E-state index in [0.29, 0.717) is 6.07 Å². The van der Waals surface area contributed by atoms with Crippen molar-refractivity contribution >= 4 is 23.3 Å². The molecule has 0 aromatic heterocycles. The number of carbonyl (C=O) groups excluding carboxylic acids is 1. The Balaban J connectivity index is 0.00000312. The van der Waals surface area contributed by atoms with Crippen LogP contribution in [0.25, 0.3) is 0 Å². The first-order valence-corrected chi connectivity index (χ1v) is 6.53. The second-order valence-corrected chi connectivity index (χ2v) is 4.91. The first-order chi connectivity index (χ1) is 11.1. The summed E-state index contributed by atoms with van der Waals surface area (Å²) in [5.74, 6) is -7.73. The third-order valence-electron chi connectivity index (χ3n) is 3.05. The molecule has 2 rings (SSSR count). The minimum Gasteiger partial charge on any atom is -0.545 e. The van der Waals surface area contributed by atoms with Crippen LogP contribution in [0.4, 0.5) is 18.9 Å². The normalized spacial score (nSPS) is 10.1. The Bertz CT molecular complexity index is 849. The molecular weight excluding hydrogens is 378 g/mol. The molecule has 0 heterocycles. The van der Waals surface area contributed by atoms with Crippen LogP contribution in [-0.4, -0.2) is 10.9 Å². The SMILES string of the molecule is Cc1c(F)c(F)c(Oc2ccc([N+](=O)[O-])c(C(=O)[O-])c2)c(Cl)c1F.[Na+]. The maximum atomic E-state index is 13.9. The van der Waals surface area contributed by atoms with Crippen molar-refractivity contribution in [2.24, 2.45) is 0 Å². The van der Waals surface area contributed by atoms with Gasteiger partial charge in [-0.2, -0.15) is 4.39 Å². The van der Waals surface area contributed by atoms with Crippen LogP contribution in [-0.2, 0) is 0 Å². The Hall–Kier alpha value is -1.81. The summed E-state index contributed by atoms with van der Waals surface area (Å²) in [6.07, 6.45) is 0. The third kappa shape index (κ3) is 4.06. The van der Waals surface area contributed by atoms with Crippen molar-refractivity contribution in [1.29, 1.82) is 0 Å². The van der Waals surface area contributed by atoms with Gasteiger partial charge in [0.2, 0.25) is 5.82 Å².